The number of fused-ring (bicyclic) bond motifs is 1. The number of rotatable bonds is 2. The Balaban J connectivity index is 1.90. The van der Waals surface area contributed by atoms with Crippen molar-refractivity contribution in [2.45, 2.75) is 6.04 Å². The second-order valence-corrected chi connectivity index (χ2v) is 5.29. The van der Waals surface area contributed by atoms with E-state index in [2.05, 4.69) is 14.1 Å². The first-order valence-electron chi connectivity index (χ1n) is 5.72. The Hall–Kier alpha value is -1.28. The van der Waals surface area contributed by atoms with E-state index in [1.165, 1.54) is 0 Å². The van der Waals surface area contributed by atoms with E-state index in [1.807, 2.05) is 0 Å². The number of nitrogens with two attached hydrogens (primary N) is 1. The van der Waals surface area contributed by atoms with E-state index < -0.39 is 0 Å². The molecule has 6 nitrogen and oxygen atoms in total. The van der Waals surface area contributed by atoms with Gasteiger partial charge in [0.05, 0.1) is 41.6 Å². The zero-order valence-electron chi connectivity index (χ0n) is 9.80. The van der Waals surface area contributed by atoms with Crippen molar-refractivity contribution < 1.29 is 9.53 Å². The minimum atomic E-state index is -0.363. The number of nitrogens with zero attached hydrogens (tertiary/aromatic N) is 2. The lowest BCUT2D eigenvalue weighted by atomic mass is 10.0. The van der Waals surface area contributed by atoms with Crippen molar-refractivity contribution >= 4 is 46.0 Å². The van der Waals surface area contributed by atoms with Gasteiger partial charge in [-0.1, -0.05) is 11.6 Å². The number of hydrogen-bond donors (Lipinski definition) is 2. The number of amides is 1. The zero-order chi connectivity index (χ0) is 13.4. The van der Waals surface area contributed by atoms with Crippen molar-refractivity contribution in [2.24, 2.45) is 11.7 Å². The average Bonchev–Trinajstić information content (AvgIpc) is 3.01. The molecule has 1 aliphatic heterocycles. The first kappa shape index (κ1) is 12.7. The summed E-state index contributed by atoms with van der Waals surface area (Å²) in [6.45, 7) is 0.726. The molecular weight excluding hydrogens is 288 g/mol. The lowest BCUT2D eigenvalue weighted by molar-refractivity contribution is -0.120. The molecule has 8 heteroatoms. The highest BCUT2D eigenvalue weighted by Crippen LogP contribution is 2.30. The fourth-order valence-corrected chi connectivity index (χ4v) is 2.74. The second kappa shape index (κ2) is 5.01. The van der Waals surface area contributed by atoms with Crippen molar-refractivity contribution in [1.82, 2.24) is 8.75 Å². The van der Waals surface area contributed by atoms with Gasteiger partial charge in [-0.2, -0.15) is 8.75 Å². The molecule has 19 heavy (non-hydrogen) atoms. The van der Waals surface area contributed by atoms with Crippen LogP contribution in [0.1, 0.15) is 0 Å². The molecule has 3 rings (SSSR count). The molecule has 1 saturated heterocycles. The fraction of sp³-hybridized carbons (Fsp3) is 0.364. The smallest absolute Gasteiger partial charge is 0.231 e. The van der Waals surface area contributed by atoms with Gasteiger partial charge < -0.3 is 15.8 Å². The zero-order valence-corrected chi connectivity index (χ0v) is 11.4. The highest BCUT2D eigenvalue weighted by atomic mass is 35.5. The molecule has 1 amide bonds. The standard InChI is InChI=1S/C11H11ClN4O2S/c12-6-1-2-8-10(16-19-15-8)9(6)14-11(17)5-3-18-4-7(5)13/h1-2,5,7H,3-4,13H2,(H,14,17). The normalized spacial score (nSPS) is 22.8. The highest BCUT2D eigenvalue weighted by molar-refractivity contribution is 7.00. The molecule has 2 atom stereocenters. The van der Waals surface area contributed by atoms with Crippen molar-refractivity contribution in [2.75, 3.05) is 18.5 Å². The van der Waals surface area contributed by atoms with E-state index >= 15 is 0 Å². The number of carbonyl (C=O) groups excluding carboxylic acids is 1. The molecule has 1 aliphatic rings. The molecule has 1 aromatic carbocycles. The van der Waals surface area contributed by atoms with Crippen LogP contribution in [0.15, 0.2) is 12.1 Å². The Morgan fingerprint density at radius 2 is 2.32 bits per heavy atom. The summed E-state index contributed by atoms with van der Waals surface area (Å²) in [6.07, 6.45) is 0. The summed E-state index contributed by atoms with van der Waals surface area (Å²) in [5.41, 5.74) is 7.60. The van der Waals surface area contributed by atoms with Crippen LogP contribution in [0, 0.1) is 5.92 Å². The Labute approximate surface area is 118 Å². The lowest BCUT2D eigenvalue weighted by Gasteiger charge is -2.14. The largest absolute Gasteiger partial charge is 0.379 e. The maximum atomic E-state index is 12.2. The van der Waals surface area contributed by atoms with Gasteiger partial charge in [0, 0.05) is 6.04 Å². The van der Waals surface area contributed by atoms with E-state index in [4.69, 9.17) is 22.1 Å². The SMILES string of the molecule is NC1COCC1C(=O)Nc1c(Cl)ccc2nsnc12. The summed E-state index contributed by atoms with van der Waals surface area (Å²) in [5, 5.41) is 3.22. The summed E-state index contributed by atoms with van der Waals surface area (Å²) in [6, 6.07) is 3.17. The number of aromatic nitrogens is 2. The van der Waals surface area contributed by atoms with Gasteiger partial charge in [-0.3, -0.25) is 4.79 Å². The quantitative estimate of drug-likeness (QED) is 0.871. The molecule has 3 N–H and O–H groups in total. The van der Waals surface area contributed by atoms with E-state index in [0.29, 0.717) is 35.0 Å². The van der Waals surface area contributed by atoms with Crippen molar-refractivity contribution in [3.63, 3.8) is 0 Å². The Bertz CT molecular complexity index is 632. The van der Waals surface area contributed by atoms with E-state index in [-0.39, 0.29) is 17.9 Å². The molecule has 2 heterocycles. The van der Waals surface area contributed by atoms with Gasteiger partial charge in [-0.05, 0) is 12.1 Å². The number of carbonyl (C=O) groups is 1. The van der Waals surface area contributed by atoms with Gasteiger partial charge >= 0.3 is 0 Å². The number of hydrogen-bond acceptors (Lipinski definition) is 6. The molecule has 1 aromatic heterocycles. The third-order valence-electron chi connectivity index (χ3n) is 3.09. The number of nitrogens with one attached hydrogen (secondary N) is 1. The number of benzene rings is 1. The first-order valence-corrected chi connectivity index (χ1v) is 6.82. The average molecular weight is 299 g/mol. The molecule has 0 aliphatic carbocycles. The Kier molecular flexibility index (Phi) is 3.36. The molecule has 2 aromatic rings. The Morgan fingerprint density at radius 1 is 1.47 bits per heavy atom. The predicted molar refractivity (Wildman–Crippen MR) is 73.3 cm³/mol. The fourth-order valence-electron chi connectivity index (χ4n) is 2.00. The minimum Gasteiger partial charge on any atom is -0.379 e. The third-order valence-corrected chi connectivity index (χ3v) is 3.94. The molecule has 0 radical (unpaired) electrons. The monoisotopic (exact) mass is 298 g/mol. The van der Waals surface area contributed by atoms with E-state index in [0.717, 1.165) is 11.7 Å². The summed E-state index contributed by atoms with van der Waals surface area (Å²) < 4.78 is 13.4. The maximum Gasteiger partial charge on any atom is 0.231 e. The van der Waals surface area contributed by atoms with Crippen LogP contribution in [0.3, 0.4) is 0 Å². The molecular formula is C11H11ClN4O2S. The van der Waals surface area contributed by atoms with Crippen LogP contribution in [0.2, 0.25) is 5.02 Å². The van der Waals surface area contributed by atoms with Gasteiger partial charge in [0.2, 0.25) is 5.91 Å². The number of halogens is 1. The van der Waals surface area contributed by atoms with Crippen LogP contribution in [0.5, 0.6) is 0 Å². The van der Waals surface area contributed by atoms with Crippen molar-refractivity contribution in [3.8, 4) is 0 Å². The maximum absolute atomic E-state index is 12.2. The van der Waals surface area contributed by atoms with E-state index in [9.17, 15) is 4.79 Å². The number of ether oxygens (including phenoxy) is 1. The summed E-state index contributed by atoms with van der Waals surface area (Å²) in [7, 11) is 0. The molecule has 100 valence electrons. The number of anilines is 1. The Morgan fingerprint density at radius 3 is 3.05 bits per heavy atom. The van der Waals surface area contributed by atoms with Crippen molar-refractivity contribution in [1.29, 1.82) is 0 Å². The summed E-state index contributed by atoms with van der Waals surface area (Å²) in [4.78, 5) is 12.2. The van der Waals surface area contributed by atoms with Crippen LogP contribution in [0.4, 0.5) is 5.69 Å². The highest BCUT2D eigenvalue weighted by Gasteiger charge is 2.32. The molecule has 0 bridgehead atoms. The molecule has 1 fully saturated rings. The summed E-state index contributed by atoms with van der Waals surface area (Å²) in [5.74, 6) is -0.565. The van der Waals surface area contributed by atoms with Gasteiger partial charge in [-0.15, -0.1) is 0 Å². The van der Waals surface area contributed by atoms with Gasteiger partial charge in [0.15, 0.2) is 0 Å². The van der Waals surface area contributed by atoms with Crippen LogP contribution in [-0.2, 0) is 9.53 Å². The van der Waals surface area contributed by atoms with Crippen LogP contribution >= 0.6 is 23.3 Å². The third kappa shape index (κ3) is 2.30. The molecule has 0 saturated carbocycles. The van der Waals surface area contributed by atoms with Crippen LogP contribution in [-0.4, -0.2) is 33.9 Å². The lowest BCUT2D eigenvalue weighted by Crippen LogP contribution is -2.37. The van der Waals surface area contributed by atoms with Crippen molar-refractivity contribution in [3.05, 3.63) is 17.2 Å². The minimum absolute atomic E-state index is 0.201. The van der Waals surface area contributed by atoms with Gasteiger partial charge in [0.25, 0.3) is 0 Å². The first-order chi connectivity index (χ1) is 9.16. The molecule has 0 spiro atoms. The van der Waals surface area contributed by atoms with E-state index in [1.54, 1.807) is 12.1 Å². The topological polar surface area (TPSA) is 90.1 Å². The predicted octanol–water partition coefficient (Wildman–Crippen LogP) is 1.26. The van der Waals surface area contributed by atoms with Gasteiger partial charge in [-0.25, -0.2) is 0 Å². The summed E-state index contributed by atoms with van der Waals surface area (Å²) >= 11 is 7.18. The second-order valence-electron chi connectivity index (χ2n) is 4.35. The van der Waals surface area contributed by atoms with Crippen LogP contribution < -0.4 is 11.1 Å². The molecule has 2 unspecified atom stereocenters. The van der Waals surface area contributed by atoms with Gasteiger partial charge in [0.1, 0.15) is 11.0 Å². The van der Waals surface area contributed by atoms with Crippen LogP contribution in [0.25, 0.3) is 11.0 Å².